The standard InChI is InChI=1S/C65H95N12O4/c1-73(37-17-45-77(8,9)41-13-21-53-25-29-61-57(49-53)72-65(81-61)33-31-63-70-55-47-51(23-27-59(55)79-63)19-11-39-75(4,5)43-15-35-67)68-36-16-44-76(6,7)40-12-20-52-24-28-60-56(48-52)71-64(80-60)32-30-62-69-54-46-50(22-26-58(54)78-62)18-10-38-74(2,3)42-14-34-66/h22-33,46-49H,10-21,34-45,66-67H2,1-9H3/q+5/b32-30+,33-31+,73-68?. The molecule has 0 bridgehead atoms. The van der Waals surface area contributed by atoms with Gasteiger partial charge in [-0.15, -0.1) is 4.70 Å². The maximum Gasteiger partial charge on any atom is 0.220 e. The second-order valence-electron chi connectivity index (χ2n) is 25.3. The number of fused-ring (bicyclic) bond motifs is 4. The molecule has 0 saturated heterocycles. The third kappa shape index (κ3) is 19.1. The normalized spacial score (nSPS) is 13.3. The monoisotopic (exact) mass is 1110 g/mol. The minimum atomic E-state index is 0.538. The number of hydrogen-bond acceptors (Lipinski definition) is 11. The predicted molar refractivity (Wildman–Crippen MR) is 329 cm³/mol. The first-order chi connectivity index (χ1) is 38.8. The molecule has 0 amide bonds. The fraction of sp³-hybridized carbons (Fsp3) is 0.508. The van der Waals surface area contributed by atoms with Crippen LogP contribution in [-0.2, 0) is 25.7 Å². The Balaban J connectivity index is 0.694. The Kier molecular flexibility index (Phi) is 21.0. The van der Waals surface area contributed by atoms with E-state index in [1.165, 1.54) is 22.3 Å². The molecule has 16 nitrogen and oxygen atoms in total. The molecule has 434 valence electrons. The van der Waals surface area contributed by atoms with E-state index >= 15 is 0 Å². The molecule has 8 aromatic rings. The summed E-state index contributed by atoms with van der Waals surface area (Å²) in [7, 11) is 20.6. The number of oxazole rings is 4. The zero-order valence-electron chi connectivity index (χ0n) is 50.5. The SMILES string of the molecule is C[N+](CCC[N+](C)(C)CCCc1ccc2oc(/C=C/c3nc4cc(CCC[N+](C)(C)CCCN)ccc4o3)nc2c1)=NCCC[N+](C)(C)CCCc1ccc2oc(/C=C/c3nc4cc(CCC[N+](C)(C)CCCN)ccc4o3)nc2c1. The van der Waals surface area contributed by atoms with Crippen LogP contribution in [-0.4, -0.2) is 185 Å². The molecule has 0 atom stereocenters. The molecule has 0 aliphatic carbocycles. The van der Waals surface area contributed by atoms with E-state index < -0.39 is 0 Å². The number of nitrogens with zero attached hydrogens (tertiary/aromatic N) is 10. The van der Waals surface area contributed by atoms with Crippen molar-refractivity contribution >= 4 is 68.7 Å². The van der Waals surface area contributed by atoms with Crippen molar-refractivity contribution in [2.45, 2.75) is 77.0 Å². The van der Waals surface area contributed by atoms with Crippen molar-refractivity contribution in [3.63, 3.8) is 0 Å². The van der Waals surface area contributed by atoms with Gasteiger partial charge in [0, 0.05) is 69.2 Å². The summed E-state index contributed by atoms with van der Waals surface area (Å²) in [5.74, 6) is 2.15. The second kappa shape index (κ2) is 28.1. The fourth-order valence-electron chi connectivity index (χ4n) is 11.0. The van der Waals surface area contributed by atoms with Crippen LogP contribution in [0.5, 0.6) is 0 Å². The number of aromatic nitrogens is 4. The Morgan fingerprint density at radius 1 is 0.395 bits per heavy atom. The van der Waals surface area contributed by atoms with Crippen LogP contribution in [0.4, 0.5) is 0 Å². The van der Waals surface area contributed by atoms with Gasteiger partial charge in [-0.3, -0.25) is 0 Å². The van der Waals surface area contributed by atoms with Crippen molar-refractivity contribution in [1.82, 2.24) is 19.9 Å². The number of azo groups is 2. The van der Waals surface area contributed by atoms with E-state index in [1.807, 2.05) is 48.6 Å². The molecule has 0 aliphatic rings. The lowest BCUT2D eigenvalue weighted by Gasteiger charge is -2.29. The average molecular weight is 1110 g/mol. The number of nitrogens with two attached hydrogens (primary N) is 2. The van der Waals surface area contributed by atoms with Gasteiger partial charge in [-0.25, -0.2) is 19.9 Å². The van der Waals surface area contributed by atoms with Crippen LogP contribution in [0.25, 0.3) is 68.7 Å². The quantitative estimate of drug-likeness (QED) is 0.0171. The van der Waals surface area contributed by atoms with Gasteiger partial charge in [-0.1, -0.05) is 24.3 Å². The van der Waals surface area contributed by atoms with Crippen LogP contribution in [0.15, 0.2) is 95.6 Å². The minimum Gasteiger partial charge on any atom is -0.437 e. The molecule has 4 aromatic heterocycles. The summed E-state index contributed by atoms with van der Waals surface area (Å²) in [6.45, 7) is 12.1. The first-order valence-corrected chi connectivity index (χ1v) is 29.8. The van der Waals surface area contributed by atoms with Crippen LogP contribution in [0.2, 0.25) is 0 Å². The van der Waals surface area contributed by atoms with E-state index in [-0.39, 0.29) is 0 Å². The van der Waals surface area contributed by atoms with Gasteiger partial charge < -0.3 is 47.1 Å². The first-order valence-electron chi connectivity index (χ1n) is 29.8. The molecule has 0 saturated carbocycles. The lowest BCUT2D eigenvalue weighted by atomic mass is 10.1. The van der Waals surface area contributed by atoms with Crippen LogP contribution in [0, 0.1) is 0 Å². The maximum absolute atomic E-state index is 6.07. The lowest BCUT2D eigenvalue weighted by molar-refractivity contribution is -0.891. The van der Waals surface area contributed by atoms with E-state index in [2.05, 4.69) is 117 Å². The highest BCUT2D eigenvalue weighted by atomic mass is 16.4. The van der Waals surface area contributed by atoms with Gasteiger partial charge in [0.25, 0.3) is 0 Å². The Morgan fingerprint density at radius 2 is 0.667 bits per heavy atom. The van der Waals surface area contributed by atoms with E-state index in [4.69, 9.17) is 54.2 Å². The third-order valence-corrected chi connectivity index (χ3v) is 16.0. The first kappa shape index (κ1) is 60.7. The number of aryl methyl sites for hydroxylation is 4. The molecule has 0 aliphatic heterocycles. The Labute approximate surface area is 481 Å². The largest absolute Gasteiger partial charge is 0.437 e. The molecular weight excluding hydrogens is 1010 g/mol. The molecule has 4 aromatic carbocycles. The highest BCUT2D eigenvalue weighted by Crippen LogP contribution is 2.25. The summed E-state index contributed by atoms with van der Waals surface area (Å²) in [6, 6.07) is 25.3. The smallest absolute Gasteiger partial charge is 0.220 e. The Bertz CT molecular complexity index is 3370. The Morgan fingerprint density at radius 3 is 0.963 bits per heavy atom. The lowest BCUT2D eigenvalue weighted by Crippen LogP contribution is -2.42. The molecule has 4 N–H and O–H groups in total. The van der Waals surface area contributed by atoms with Crippen LogP contribution in [0.3, 0.4) is 0 Å². The highest BCUT2D eigenvalue weighted by Gasteiger charge is 2.20. The molecule has 0 unspecified atom stereocenters. The zero-order valence-corrected chi connectivity index (χ0v) is 50.5. The van der Waals surface area contributed by atoms with E-state index in [0.29, 0.717) is 23.6 Å². The molecule has 0 radical (unpaired) electrons. The number of benzene rings is 4. The third-order valence-electron chi connectivity index (χ3n) is 16.0. The van der Waals surface area contributed by atoms with Gasteiger partial charge in [-0.05, 0) is 115 Å². The van der Waals surface area contributed by atoms with E-state index in [1.54, 1.807) is 0 Å². The predicted octanol–water partition coefficient (Wildman–Crippen LogP) is 10.9. The molecule has 4 heterocycles. The molecule has 16 heteroatoms. The van der Waals surface area contributed by atoms with E-state index in [0.717, 1.165) is 218 Å². The van der Waals surface area contributed by atoms with Crippen molar-refractivity contribution in [3.05, 3.63) is 119 Å². The summed E-state index contributed by atoms with van der Waals surface area (Å²) >= 11 is 0. The molecule has 81 heavy (non-hydrogen) atoms. The summed E-state index contributed by atoms with van der Waals surface area (Å²) in [5.41, 5.74) is 23.2. The van der Waals surface area contributed by atoms with Gasteiger partial charge in [0.15, 0.2) is 35.9 Å². The van der Waals surface area contributed by atoms with Crippen molar-refractivity contribution in [3.8, 4) is 0 Å². The van der Waals surface area contributed by atoms with E-state index in [9.17, 15) is 0 Å². The molecule has 0 fully saturated rings. The van der Waals surface area contributed by atoms with Crippen LogP contribution in [0.1, 0.15) is 97.2 Å². The fourth-order valence-corrected chi connectivity index (χ4v) is 11.0. The zero-order chi connectivity index (χ0) is 57.5. The molecule has 0 spiro atoms. The number of hydrogen-bond donors (Lipinski definition) is 2. The van der Waals surface area contributed by atoms with Crippen LogP contribution >= 0.6 is 0 Å². The van der Waals surface area contributed by atoms with Gasteiger partial charge in [-0.2, -0.15) is 0 Å². The molecule has 8 rings (SSSR count). The maximum atomic E-state index is 6.07. The highest BCUT2D eigenvalue weighted by molar-refractivity contribution is 5.80. The van der Waals surface area contributed by atoms with Gasteiger partial charge in [0.1, 0.15) is 28.6 Å². The summed E-state index contributed by atoms with van der Waals surface area (Å²) in [5, 5.41) is 4.91. The topological polar surface area (TPSA) is 172 Å². The second-order valence-corrected chi connectivity index (χ2v) is 25.3. The van der Waals surface area contributed by atoms with Crippen LogP contribution < -0.4 is 11.5 Å². The number of rotatable bonds is 34. The van der Waals surface area contributed by atoms with Gasteiger partial charge in [0.2, 0.25) is 23.6 Å². The summed E-state index contributed by atoms with van der Waals surface area (Å²) < 4.78 is 30.3. The van der Waals surface area contributed by atoms with Crippen molar-refractivity contribution in [2.24, 2.45) is 16.6 Å². The minimum absolute atomic E-state index is 0.538. The van der Waals surface area contributed by atoms with Crippen molar-refractivity contribution in [2.75, 3.05) is 142 Å². The number of quaternary nitrogens is 4. The van der Waals surface area contributed by atoms with Crippen molar-refractivity contribution < 1.29 is 40.3 Å². The average Bonchev–Trinajstić information content (AvgIpc) is 4.45. The summed E-state index contributed by atoms with van der Waals surface area (Å²) in [4.78, 5) is 19.0. The van der Waals surface area contributed by atoms with Gasteiger partial charge >= 0.3 is 0 Å². The van der Waals surface area contributed by atoms with Crippen molar-refractivity contribution in [1.29, 1.82) is 0 Å². The Hall–Kier alpha value is -6.40. The van der Waals surface area contributed by atoms with Gasteiger partial charge in [0.05, 0.1) is 115 Å². The summed E-state index contributed by atoms with van der Waals surface area (Å²) in [6.07, 6.45) is 20.0. The molecular formula is C65H95N12O4+5.